The minimum atomic E-state index is 0.485. The Morgan fingerprint density at radius 2 is 2.25 bits per heavy atom. The van der Waals surface area contributed by atoms with Crippen LogP contribution in [-0.4, -0.2) is 29.8 Å². The standard InChI is InChI=1S/C17H26N2O/c1-3-12-5-6-13(19-11-12)9-16(18-4-2)15-10-14-7-8-17(15)20-14/h5-6,11,14-18H,3-4,7-10H2,1-2H3. The van der Waals surface area contributed by atoms with Crippen LogP contribution in [0.25, 0.3) is 0 Å². The van der Waals surface area contributed by atoms with E-state index in [1.54, 1.807) is 0 Å². The zero-order chi connectivity index (χ0) is 13.9. The van der Waals surface area contributed by atoms with E-state index in [0.29, 0.717) is 24.2 Å². The summed E-state index contributed by atoms with van der Waals surface area (Å²) in [7, 11) is 0. The van der Waals surface area contributed by atoms with Crippen LogP contribution in [0.3, 0.4) is 0 Å². The molecular weight excluding hydrogens is 248 g/mol. The number of hydrogen-bond donors (Lipinski definition) is 1. The highest BCUT2D eigenvalue weighted by Gasteiger charge is 2.44. The van der Waals surface area contributed by atoms with Crippen molar-refractivity contribution in [2.24, 2.45) is 5.92 Å². The molecule has 0 aliphatic carbocycles. The molecule has 2 aliphatic rings. The molecule has 2 fully saturated rings. The molecule has 2 aliphatic heterocycles. The Morgan fingerprint density at radius 1 is 1.35 bits per heavy atom. The average molecular weight is 274 g/mol. The van der Waals surface area contributed by atoms with Gasteiger partial charge in [0, 0.05) is 30.3 Å². The van der Waals surface area contributed by atoms with Crippen molar-refractivity contribution in [1.82, 2.24) is 10.3 Å². The zero-order valence-electron chi connectivity index (χ0n) is 12.6. The van der Waals surface area contributed by atoms with Crippen LogP contribution in [0.2, 0.25) is 0 Å². The highest BCUT2D eigenvalue weighted by Crippen LogP contribution is 2.40. The van der Waals surface area contributed by atoms with Gasteiger partial charge >= 0.3 is 0 Å². The van der Waals surface area contributed by atoms with Gasteiger partial charge in [-0.15, -0.1) is 0 Å². The minimum Gasteiger partial charge on any atom is -0.375 e. The van der Waals surface area contributed by atoms with Gasteiger partial charge in [0.1, 0.15) is 0 Å². The second-order valence-electron chi connectivity index (χ2n) is 6.15. The predicted octanol–water partition coefficient (Wildman–Crippen LogP) is 2.73. The summed E-state index contributed by atoms with van der Waals surface area (Å²) in [4.78, 5) is 4.62. The quantitative estimate of drug-likeness (QED) is 0.866. The first-order valence-electron chi connectivity index (χ1n) is 8.12. The van der Waals surface area contributed by atoms with Crippen LogP contribution >= 0.6 is 0 Å². The van der Waals surface area contributed by atoms with Crippen LogP contribution in [0.15, 0.2) is 18.3 Å². The molecular formula is C17H26N2O. The molecule has 2 saturated heterocycles. The average Bonchev–Trinajstić information content (AvgIpc) is 3.10. The van der Waals surface area contributed by atoms with Crippen molar-refractivity contribution < 1.29 is 4.74 Å². The van der Waals surface area contributed by atoms with E-state index in [9.17, 15) is 0 Å². The Balaban J connectivity index is 1.67. The van der Waals surface area contributed by atoms with E-state index in [-0.39, 0.29) is 0 Å². The summed E-state index contributed by atoms with van der Waals surface area (Å²) in [5, 5.41) is 3.67. The number of nitrogens with one attached hydrogen (secondary N) is 1. The van der Waals surface area contributed by atoms with Crippen LogP contribution < -0.4 is 5.32 Å². The minimum absolute atomic E-state index is 0.485. The molecule has 3 nitrogen and oxygen atoms in total. The van der Waals surface area contributed by atoms with Gasteiger partial charge in [-0.05, 0) is 43.9 Å². The smallest absolute Gasteiger partial charge is 0.0623 e. The number of hydrogen-bond acceptors (Lipinski definition) is 3. The fourth-order valence-electron chi connectivity index (χ4n) is 3.75. The normalized spacial score (nSPS) is 29.8. The fraction of sp³-hybridized carbons (Fsp3) is 0.706. The summed E-state index contributed by atoms with van der Waals surface area (Å²) in [5.74, 6) is 0.668. The molecule has 20 heavy (non-hydrogen) atoms. The van der Waals surface area contributed by atoms with Crippen LogP contribution in [0.1, 0.15) is 44.4 Å². The van der Waals surface area contributed by atoms with E-state index < -0.39 is 0 Å². The summed E-state index contributed by atoms with van der Waals surface area (Å²) in [5.41, 5.74) is 2.52. The Morgan fingerprint density at radius 3 is 2.80 bits per heavy atom. The van der Waals surface area contributed by atoms with Crippen molar-refractivity contribution in [3.05, 3.63) is 29.6 Å². The maximum absolute atomic E-state index is 6.03. The second kappa shape index (κ2) is 6.23. The van der Waals surface area contributed by atoms with Gasteiger partial charge in [0.05, 0.1) is 12.2 Å². The lowest BCUT2D eigenvalue weighted by Gasteiger charge is -2.29. The highest BCUT2D eigenvalue weighted by atomic mass is 16.5. The lowest BCUT2D eigenvalue weighted by Crippen LogP contribution is -2.42. The van der Waals surface area contributed by atoms with E-state index in [1.807, 2.05) is 6.20 Å². The van der Waals surface area contributed by atoms with Crippen LogP contribution in [-0.2, 0) is 17.6 Å². The summed E-state index contributed by atoms with van der Waals surface area (Å²) in [6.45, 7) is 5.38. The van der Waals surface area contributed by atoms with E-state index in [4.69, 9.17) is 4.74 Å². The van der Waals surface area contributed by atoms with Crippen molar-refractivity contribution >= 4 is 0 Å². The molecule has 1 N–H and O–H groups in total. The lowest BCUT2D eigenvalue weighted by atomic mass is 9.82. The Bertz CT molecular complexity index is 431. The molecule has 0 spiro atoms. The van der Waals surface area contributed by atoms with Crippen molar-refractivity contribution in [2.45, 2.75) is 64.2 Å². The third-order valence-corrected chi connectivity index (χ3v) is 4.86. The third-order valence-electron chi connectivity index (χ3n) is 4.86. The monoisotopic (exact) mass is 274 g/mol. The molecule has 1 aromatic heterocycles. The van der Waals surface area contributed by atoms with Crippen LogP contribution in [0, 0.1) is 5.92 Å². The molecule has 4 unspecified atom stereocenters. The Hall–Kier alpha value is -0.930. The first-order chi connectivity index (χ1) is 9.80. The summed E-state index contributed by atoms with van der Waals surface area (Å²) < 4.78 is 6.03. The van der Waals surface area contributed by atoms with Gasteiger partial charge in [-0.2, -0.15) is 0 Å². The molecule has 4 atom stereocenters. The summed E-state index contributed by atoms with van der Waals surface area (Å²) in [6, 6.07) is 4.91. The van der Waals surface area contributed by atoms with Crippen molar-refractivity contribution in [2.75, 3.05) is 6.54 Å². The van der Waals surface area contributed by atoms with E-state index in [2.05, 4.69) is 36.3 Å². The van der Waals surface area contributed by atoms with Crippen LogP contribution in [0.4, 0.5) is 0 Å². The Kier molecular flexibility index (Phi) is 4.37. The topological polar surface area (TPSA) is 34.2 Å². The van der Waals surface area contributed by atoms with E-state index in [1.165, 1.54) is 30.5 Å². The number of aryl methyl sites for hydroxylation is 1. The van der Waals surface area contributed by atoms with Gasteiger partial charge in [0.15, 0.2) is 0 Å². The van der Waals surface area contributed by atoms with Gasteiger partial charge < -0.3 is 10.1 Å². The number of rotatable bonds is 6. The molecule has 3 rings (SSSR count). The third kappa shape index (κ3) is 2.89. The largest absolute Gasteiger partial charge is 0.375 e. The maximum Gasteiger partial charge on any atom is 0.0623 e. The molecule has 0 radical (unpaired) electrons. The molecule has 2 bridgehead atoms. The Labute approximate surface area is 122 Å². The SMILES string of the molecule is CCNC(Cc1ccc(CC)cn1)C1CC2CCC1O2. The second-order valence-corrected chi connectivity index (χ2v) is 6.15. The molecule has 3 heteroatoms. The number of ether oxygens (including phenoxy) is 1. The number of nitrogens with zero attached hydrogens (tertiary/aromatic N) is 1. The van der Waals surface area contributed by atoms with Crippen LogP contribution in [0.5, 0.6) is 0 Å². The van der Waals surface area contributed by atoms with E-state index in [0.717, 1.165) is 19.4 Å². The lowest BCUT2D eigenvalue weighted by molar-refractivity contribution is 0.0858. The zero-order valence-corrected chi connectivity index (χ0v) is 12.6. The summed E-state index contributed by atoms with van der Waals surface area (Å²) in [6.07, 6.45) is 8.87. The molecule has 110 valence electrons. The van der Waals surface area contributed by atoms with Crippen molar-refractivity contribution in [1.29, 1.82) is 0 Å². The van der Waals surface area contributed by atoms with Gasteiger partial charge in [-0.3, -0.25) is 4.98 Å². The number of fused-ring (bicyclic) bond motifs is 2. The molecule has 0 saturated carbocycles. The predicted molar refractivity (Wildman–Crippen MR) is 80.8 cm³/mol. The number of pyridine rings is 1. The van der Waals surface area contributed by atoms with Gasteiger partial charge in [0.2, 0.25) is 0 Å². The first kappa shape index (κ1) is 14.0. The highest BCUT2D eigenvalue weighted by molar-refractivity contribution is 5.15. The van der Waals surface area contributed by atoms with Gasteiger partial charge in [-0.1, -0.05) is 19.9 Å². The first-order valence-corrected chi connectivity index (χ1v) is 8.12. The molecule has 0 amide bonds. The van der Waals surface area contributed by atoms with Gasteiger partial charge in [0.25, 0.3) is 0 Å². The van der Waals surface area contributed by atoms with E-state index >= 15 is 0 Å². The fourth-order valence-corrected chi connectivity index (χ4v) is 3.75. The molecule has 1 aromatic rings. The number of likely N-dealkylation sites (N-methyl/N-ethyl adjacent to an activating group) is 1. The summed E-state index contributed by atoms with van der Waals surface area (Å²) >= 11 is 0. The number of aromatic nitrogens is 1. The van der Waals surface area contributed by atoms with Crippen molar-refractivity contribution in [3.8, 4) is 0 Å². The van der Waals surface area contributed by atoms with Gasteiger partial charge in [-0.25, -0.2) is 0 Å². The van der Waals surface area contributed by atoms with Crippen molar-refractivity contribution in [3.63, 3.8) is 0 Å². The molecule has 3 heterocycles. The maximum atomic E-state index is 6.03. The molecule has 0 aromatic carbocycles.